The fraction of sp³-hybridized carbons (Fsp3) is 0.308. The quantitative estimate of drug-likeness (QED) is 0.827. The van der Waals surface area contributed by atoms with Crippen LogP contribution in [0, 0.1) is 6.92 Å². The molecule has 0 unspecified atom stereocenters. The minimum atomic E-state index is -0.153. The van der Waals surface area contributed by atoms with Crippen LogP contribution in [0.2, 0.25) is 0 Å². The van der Waals surface area contributed by atoms with Crippen LogP contribution in [-0.4, -0.2) is 27.7 Å². The van der Waals surface area contributed by atoms with Crippen molar-refractivity contribution in [3.63, 3.8) is 0 Å². The Hall–Kier alpha value is -2.17. The lowest BCUT2D eigenvalue weighted by Gasteiger charge is -2.19. The lowest BCUT2D eigenvalue weighted by atomic mass is 10.2. The molecule has 0 atom stereocenters. The van der Waals surface area contributed by atoms with E-state index in [2.05, 4.69) is 14.9 Å². The smallest absolute Gasteiger partial charge is 0.278 e. The summed E-state index contributed by atoms with van der Waals surface area (Å²) in [4.78, 5) is 13.9. The average molecular weight is 245 g/mol. The summed E-state index contributed by atoms with van der Waals surface area (Å²) in [6.45, 7) is 4.81. The van der Waals surface area contributed by atoms with Crippen molar-refractivity contribution in [1.82, 2.24) is 15.2 Å². The maximum atomic E-state index is 12.2. The third kappa shape index (κ3) is 2.56. The lowest BCUT2D eigenvalue weighted by molar-refractivity contribution is 0.0741. The van der Waals surface area contributed by atoms with Gasteiger partial charge in [0.25, 0.3) is 5.91 Å². The molecule has 1 aromatic heterocycles. The summed E-state index contributed by atoms with van der Waals surface area (Å²) in [5.74, 6) is -0.153. The fourth-order valence-electron chi connectivity index (χ4n) is 1.71. The molecule has 5 nitrogen and oxygen atoms in total. The molecule has 1 heterocycles. The van der Waals surface area contributed by atoms with Gasteiger partial charge in [-0.15, -0.1) is 0 Å². The zero-order valence-electron chi connectivity index (χ0n) is 10.5. The first-order chi connectivity index (χ1) is 8.72. The van der Waals surface area contributed by atoms with Gasteiger partial charge in [0.1, 0.15) is 5.69 Å². The van der Waals surface area contributed by atoms with Gasteiger partial charge in [0.15, 0.2) is 5.69 Å². The summed E-state index contributed by atoms with van der Waals surface area (Å²) in [6, 6.07) is 9.84. The maximum Gasteiger partial charge on any atom is 0.278 e. The van der Waals surface area contributed by atoms with Gasteiger partial charge >= 0.3 is 0 Å². The number of aryl methyl sites for hydroxylation is 1. The van der Waals surface area contributed by atoms with E-state index in [4.69, 9.17) is 0 Å². The van der Waals surface area contributed by atoms with Crippen molar-refractivity contribution in [1.29, 1.82) is 0 Å². The highest BCUT2D eigenvalue weighted by Crippen LogP contribution is 2.10. The zero-order chi connectivity index (χ0) is 13.0. The molecular formula is C13H15N3O2. The molecule has 0 aliphatic carbocycles. The molecule has 0 saturated carbocycles. The van der Waals surface area contributed by atoms with Crippen molar-refractivity contribution in [3.8, 4) is 0 Å². The lowest BCUT2D eigenvalue weighted by Crippen LogP contribution is -2.31. The Morgan fingerprint density at radius 3 is 2.56 bits per heavy atom. The van der Waals surface area contributed by atoms with Crippen LogP contribution >= 0.6 is 0 Å². The minimum Gasteiger partial charge on any atom is -0.333 e. The standard InChI is InChI=1S/C13H15N3O2/c1-3-16(9-11-7-5-4-6-8-11)13(17)12-10(2)14-18-15-12/h4-8H,3,9H2,1-2H3. The number of aromatic nitrogens is 2. The van der Waals surface area contributed by atoms with Crippen LogP contribution in [0.1, 0.15) is 28.7 Å². The second-order valence-electron chi connectivity index (χ2n) is 4.00. The van der Waals surface area contributed by atoms with E-state index in [1.807, 2.05) is 37.3 Å². The van der Waals surface area contributed by atoms with Gasteiger partial charge in [0.05, 0.1) is 0 Å². The van der Waals surface area contributed by atoms with Crippen LogP contribution in [0.3, 0.4) is 0 Å². The van der Waals surface area contributed by atoms with Crippen molar-refractivity contribution in [2.75, 3.05) is 6.54 Å². The van der Waals surface area contributed by atoms with E-state index in [9.17, 15) is 4.79 Å². The predicted molar refractivity (Wildman–Crippen MR) is 65.9 cm³/mol. The SMILES string of the molecule is CCN(Cc1ccccc1)C(=O)c1nonc1C. The molecule has 18 heavy (non-hydrogen) atoms. The van der Waals surface area contributed by atoms with Crippen LogP contribution in [-0.2, 0) is 6.54 Å². The summed E-state index contributed by atoms with van der Waals surface area (Å²) >= 11 is 0. The van der Waals surface area contributed by atoms with E-state index in [1.54, 1.807) is 11.8 Å². The molecule has 1 aromatic carbocycles. The van der Waals surface area contributed by atoms with Gasteiger partial charge in [0, 0.05) is 13.1 Å². The normalized spacial score (nSPS) is 10.3. The van der Waals surface area contributed by atoms with E-state index in [1.165, 1.54) is 0 Å². The molecule has 0 aliphatic heterocycles. The highest BCUT2D eigenvalue weighted by Gasteiger charge is 2.20. The number of carbonyl (C=O) groups excluding carboxylic acids is 1. The second kappa shape index (κ2) is 5.44. The molecule has 0 aliphatic rings. The van der Waals surface area contributed by atoms with E-state index in [0.29, 0.717) is 18.8 Å². The third-order valence-electron chi connectivity index (χ3n) is 2.74. The summed E-state index contributed by atoms with van der Waals surface area (Å²) in [5.41, 5.74) is 1.89. The van der Waals surface area contributed by atoms with Gasteiger partial charge in [-0.05, 0) is 24.6 Å². The summed E-state index contributed by atoms with van der Waals surface area (Å²) in [5, 5.41) is 7.28. The summed E-state index contributed by atoms with van der Waals surface area (Å²) < 4.78 is 4.56. The van der Waals surface area contributed by atoms with Crippen LogP contribution in [0.4, 0.5) is 0 Å². The molecule has 0 bridgehead atoms. The van der Waals surface area contributed by atoms with E-state index in [0.717, 1.165) is 5.56 Å². The Morgan fingerprint density at radius 2 is 2.00 bits per heavy atom. The van der Waals surface area contributed by atoms with E-state index in [-0.39, 0.29) is 11.6 Å². The monoisotopic (exact) mass is 245 g/mol. The number of rotatable bonds is 4. The Labute approximate surface area is 105 Å². The van der Waals surface area contributed by atoms with Gasteiger partial charge in [-0.1, -0.05) is 35.5 Å². The number of carbonyl (C=O) groups is 1. The summed E-state index contributed by atoms with van der Waals surface area (Å²) in [6.07, 6.45) is 0. The number of hydrogen-bond acceptors (Lipinski definition) is 4. The Kier molecular flexibility index (Phi) is 3.72. The van der Waals surface area contributed by atoms with Crippen molar-refractivity contribution >= 4 is 5.91 Å². The van der Waals surface area contributed by atoms with Gasteiger partial charge in [0.2, 0.25) is 0 Å². The highest BCUT2D eigenvalue weighted by molar-refractivity contribution is 5.93. The molecular weight excluding hydrogens is 230 g/mol. The Morgan fingerprint density at radius 1 is 1.28 bits per heavy atom. The Balaban J connectivity index is 2.15. The van der Waals surface area contributed by atoms with Gasteiger partial charge in [-0.2, -0.15) is 0 Å². The van der Waals surface area contributed by atoms with E-state index >= 15 is 0 Å². The largest absolute Gasteiger partial charge is 0.333 e. The van der Waals surface area contributed by atoms with Gasteiger partial charge < -0.3 is 4.90 Å². The molecule has 5 heteroatoms. The van der Waals surface area contributed by atoms with Crippen molar-refractivity contribution in [2.45, 2.75) is 20.4 Å². The van der Waals surface area contributed by atoms with E-state index < -0.39 is 0 Å². The maximum absolute atomic E-state index is 12.2. The molecule has 2 aromatic rings. The second-order valence-corrected chi connectivity index (χ2v) is 4.00. The van der Waals surface area contributed by atoms with Crippen LogP contribution in [0.15, 0.2) is 35.0 Å². The first-order valence-corrected chi connectivity index (χ1v) is 5.84. The van der Waals surface area contributed by atoms with Crippen molar-refractivity contribution < 1.29 is 9.42 Å². The molecule has 0 saturated heterocycles. The summed E-state index contributed by atoms with van der Waals surface area (Å²) in [7, 11) is 0. The first-order valence-electron chi connectivity index (χ1n) is 5.84. The highest BCUT2D eigenvalue weighted by atomic mass is 16.6. The zero-order valence-corrected chi connectivity index (χ0v) is 10.5. The molecule has 94 valence electrons. The predicted octanol–water partition coefficient (Wildman–Crippen LogP) is 2.04. The minimum absolute atomic E-state index is 0.153. The van der Waals surface area contributed by atoms with Crippen LogP contribution in [0.5, 0.6) is 0 Å². The van der Waals surface area contributed by atoms with Crippen molar-refractivity contribution in [2.24, 2.45) is 0 Å². The molecule has 0 spiro atoms. The Bertz CT molecular complexity index is 522. The first kappa shape index (κ1) is 12.3. The number of amides is 1. The van der Waals surface area contributed by atoms with Crippen LogP contribution < -0.4 is 0 Å². The van der Waals surface area contributed by atoms with Crippen LogP contribution in [0.25, 0.3) is 0 Å². The third-order valence-corrected chi connectivity index (χ3v) is 2.74. The van der Waals surface area contributed by atoms with Gasteiger partial charge in [-0.25, -0.2) is 4.63 Å². The molecule has 1 amide bonds. The number of hydrogen-bond donors (Lipinski definition) is 0. The number of nitrogens with zero attached hydrogens (tertiary/aromatic N) is 3. The average Bonchev–Trinajstić information content (AvgIpc) is 2.82. The number of benzene rings is 1. The fourth-order valence-corrected chi connectivity index (χ4v) is 1.71. The molecule has 0 N–H and O–H groups in total. The molecule has 0 fully saturated rings. The van der Waals surface area contributed by atoms with Gasteiger partial charge in [-0.3, -0.25) is 4.79 Å². The van der Waals surface area contributed by atoms with Crippen molar-refractivity contribution in [3.05, 3.63) is 47.3 Å². The molecule has 0 radical (unpaired) electrons. The topological polar surface area (TPSA) is 59.2 Å². The molecule has 2 rings (SSSR count).